The van der Waals surface area contributed by atoms with Gasteiger partial charge in [-0.3, -0.25) is 4.79 Å². The minimum atomic E-state index is -0.899. The molecule has 0 saturated heterocycles. The molecule has 0 bridgehead atoms. The fourth-order valence-electron chi connectivity index (χ4n) is 0.494. The third-order valence-corrected chi connectivity index (χ3v) is 1.06. The van der Waals surface area contributed by atoms with E-state index in [1.807, 2.05) is 5.43 Å². The molecule has 4 N–H and O–H groups in total. The van der Waals surface area contributed by atoms with Crippen molar-refractivity contribution in [2.45, 2.75) is 19.8 Å². The molecule has 12 heavy (non-hydrogen) atoms. The highest BCUT2D eigenvalue weighted by molar-refractivity contribution is 5.86. The molecule has 0 saturated carbocycles. The number of hydrogen-bond donors (Lipinski definition) is 3. The van der Waals surface area contributed by atoms with Gasteiger partial charge in [0.1, 0.15) is 0 Å². The van der Waals surface area contributed by atoms with Crippen LogP contribution in [-0.2, 0) is 4.79 Å². The first-order valence-electron chi connectivity index (χ1n) is 3.32. The predicted molar refractivity (Wildman–Crippen MR) is 42.7 cm³/mol. The van der Waals surface area contributed by atoms with E-state index < -0.39 is 12.0 Å². The van der Waals surface area contributed by atoms with E-state index >= 15 is 0 Å². The van der Waals surface area contributed by atoms with Crippen LogP contribution in [0.4, 0.5) is 4.79 Å². The van der Waals surface area contributed by atoms with Gasteiger partial charge in [-0.25, -0.2) is 10.2 Å². The van der Waals surface area contributed by atoms with Crippen molar-refractivity contribution in [3.8, 4) is 0 Å². The fourth-order valence-corrected chi connectivity index (χ4v) is 0.494. The summed E-state index contributed by atoms with van der Waals surface area (Å²) < 4.78 is 0. The normalized spacial score (nSPS) is 10.9. The van der Waals surface area contributed by atoms with Gasteiger partial charge >= 0.3 is 12.0 Å². The van der Waals surface area contributed by atoms with E-state index in [0.717, 1.165) is 0 Å². The van der Waals surface area contributed by atoms with E-state index in [9.17, 15) is 9.59 Å². The molecule has 0 unspecified atom stereocenters. The fraction of sp³-hybridized carbons (Fsp3) is 0.500. The zero-order chi connectivity index (χ0) is 9.56. The Morgan fingerprint density at radius 2 is 2.08 bits per heavy atom. The largest absolute Gasteiger partial charge is 0.481 e. The summed E-state index contributed by atoms with van der Waals surface area (Å²) in [6, 6.07) is -0.760. The van der Waals surface area contributed by atoms with Gasteiger partial charge in [0, 0.05) is 5.71 Å². The summed E-state index contributed by atoms with van der Waals surface area (Å²) in [5.41, 5.74) is 7.25. The Morgan fingerprint density at radius 3 is 2.50 bits per heavy atom. The van der Waals surface area contributed by atoms with Crippen molar-refractivity contribution in [2.24, 2.45) is 10.8 Å². The molecule has 0 aliphatic heterocycles. The van der Waals surface area contributed by atoms with Crippen LogP contribution >= 0.6 is 0 Å². The third-order valence-electron chi connectivity index (χ3n) is 1.06. The van der Waals surface area contributed by atoms with Crippen molar-refractivity contribution in [3.63, 3.8) is 0 Å². The summed E-state index contributed by atoms with van der Waals surface area (Å²) in [7, 11) is 0. The molecule has 6 nitrogen and oxygen atoms in total. The summed E-state index contributed by atoms with van der Waals surface area (Å²) in [6.45, 7) is 1.61. The number of carboxylic acids is 1. The molecule has 6 heteroatoms. The number of nitrogens with one attached hydrogen (secondary N) is 1. The van der Waals surface area contributed by atoms with Gasteiger partial charge in [0.05, 0.1) is 6.42 Å². The van der Waals surface area contributed by atoms with Crippen molar-refractivity contribution < 1.29 is 14.7 Å². The zero-order valence-electron chi connectivity index (χ0n) is 6.70. The van der Waals surface area contributed by atoms with Gasteiger partial charge in [-0.05, 0) is 13.3 Å². The minimum Gasteiger partial charge on any atom is -0.481 e. The topological polar surface area (TPSA) is 105 Å². The van der Waals surface area contributed by atoms with Crippen molar-refractivity contribution in [3.05, 3.63) is 0 Å². The lowest BCUT2D eigenvalue weighted by atomic mass is 10.2. The molecule has 0 spiro atoms. The molecular weight excluding hydrogens is 162 g/mol. The van der Waals surface area contributed by atoms with Crippen LogP contribution < -0.4 is 11.2 Å². The number of nitrogens with two attached hydrogens (primary N) is 1. The summed E-state index contributed by atoms with van der Waals surface area (Å²) in [5.74, 6) is -0.899. The molecule has 0 aromatic rings. The molecule has 0 aromatic carbocycles. The molecule has 0 atom stereocenters. The summed E-state index contributed by atoms with van der Waals surface area (Å²) in [5, 5.41) is 11.8. The Bertz CT molecular complexity index is 212. The summed E-state index contributed by atoms with van der Waals surface area (Å²) in [4.78, 5) is 20.2. The maximum absolute atomic E-state index is 10.1. The van der Waals surface area contributed by atoms with Gasteiger partial charge in [-0.1, -0.05) is 0 Å². The number of hydrogen-bond acceptors (Lipinski definition) is 3. The van der Waals surface area contributed by atoms with Crippen molar-refractivity contribution in [1.29, 1.82) is 0 Å². The Morgan fingerprint density at radius 1 is 1.50 bits per heavy atom. The Kier molecular flexibility index (Phi) is 4.43. The van der Waals surface area contributed by atoms with Crippen molar-refractivity contribution in [2.75, 3.05) is 0 Å². The molecule has 0 fully saturated rings. The highest BCUT2D eigenvalue weighted by Crippen LogP contribution is 1.91. The maximum Gasteiger partial charge on any atom is 0.332 e. The van der Waals surface area contributed by atoms with E-state index in [1.165, 1.54) is 0 Å². The lowest BCUT2D eigenvalue weighted by Crippen LogP contribution is -2.25. The van der Waals surface area contributed by atoms with Gasteiger partial charge in [-0.15, -0.1) is 0 Å². The van der Waals surface area contributed by atoms with Crippen LogP contribution in [-0.4, -0.2) is 22.8 Å². The monoisotopic (exact) mass is 173 g/mol. The van der Waals surface area contributed by atoms with E-state index in [-0.39, 0.29) is 6.42 Å². The first-order valence-corrected chi connectivity index (χ1v) is 3.32. The second kappa shape index (κ2) is 5.11. The predicted octanol–water partition coefficient (Wildman–Crippen LogP) is -0.105. The number of carbonyl (C=O) groups is 2. The molecule has 0 aromatic heterocycles. The Labute approximate surface area is 69.4 Å². The van der Waals surface area contributed by atoms with Crippen LogP contribution in [0.25, 0.3) is 0 Å². The van der Waals surface area contributed by atoms with Gasteiger partial charge in [-0.2, -0.15) is 5.10 Å². The maximum atomic E-state index is 10.1. The second-order valence-corrected chi connectivity index (χ2v) is 2.22. The van der Waals surface area contributed by atoms with Crippen molar-refractivity contribution in [1.82, 2.24) is 5.43 Å². The average Bonchev–Trinajstić information content (AvgIpc) is 1.96. The smallest absolute Gasteiger partial charge is 0.332 e. The first-order chi connectivity index (χ1) is 5.52. The average molecular weight is 173 g/mol. The molecule has 0 aliphatic rings. The van der Waals surface area contributed by atoms with Crippen molar-refractivity contribution >= 4 is 17.7 Å². The van der Waals surface area contributed by atoms with Crippen LogP contribution in [0.2, 0.25) is 0 Å². The number of rotatable bonds is 4. The van der Waals surface area contributed by atoms with Gasteiger partial charge in [0.15, 0.2) is 0 Å². The molecule has 0 heterocycles. The molecule has 0 radical (unpaired) electrons. The number of hydrazone groups is 1. The minimum absolute atomic E-state index is 0.00419. The first kappa shape index (κ1) is 10.4. The van der Waals surface area contributed by atoms with Crippen LogP contribution in [0, 0.1) is 0 Å². The lowest BCUT2D eigenvalue weighted by Gasteiger charge is -1.96. The third kappa shape index (κ3) is 6.53. The number of primary amides is 1. The van der Waals surface area contributed by atoms with E-state index in [1.54, 1.807) is 6.92 Å². The molecule has 68 valence electrons. The number of carboxylic acid groups (broad SMARTS) is 1. The SMILES string of the molecule is C/C(CCC(=O)O)=N/NC(N)=O. The van der Waals surface area contributed by atoms with Gasteiger partial charge in [0.25, 0.3) is 0 Å². The second-order valence-electron chi connectivity index (χ2n) is 2.22. The molecule has 2 amide bonds. The van der Waals surface area contributed by atoms with E-state index in [0.29, 0.717) is 12.1 Å². The van der Waals surface area contributed by atoms with Crippen LogP contribution in [0.1, 0.15) is 19.8 Å². The number of aliphatic carboxylic acids is 1. The zero-order valence-corrected chi connectivity index (χ0v) is 6.70. The quantitative estimate of drug-likeness (QED) is 0.408. The van der Waals surface area contributed by atoms with Crippen LogP contribution in [0.3, 0.4) is 0 Å². The van der Waals surface area contributed by atoms with Crippen LogP contribution in [0.15, 0.2) is 5.10 Å². The number of carbonyl (C=O) groups excluding carboxylic acids is 1. The Balaban J connectivity index is 3.70. The summed E-state index contributed by atoms with van der Waals surface area (Å²) in [6.07, 6.45) is 0.297. The van der Waals surface area contributed by atoms with E-state index in [2.05, 4.69) is 5.10 Å². The number of urea groups is 1. The number of amides is 2. The highest BCUT2D eigenvalue weighted by atomic mass is 16.4. The molecule has 0 aliphatic carbocycles. The lowest BCUT2D eigenvalue weighted by molar-refractivity contribution is -0.136. The van der Waals surface area contributed by atoms with E-state index in [4.69, 9.17) is 10.8 Å². The standard InChI is InChI=1S/C6H11N3O3/c1-4(2-3-5(10)11)8-9-6(7)12/h2-3H2,1H3,(H,10,11)(H3,7,9,12)/b8-4-. The Hall–Kier alpha value is -1.59. The highest BCUT2D eigenvalue weighted by Gasteiger charge is 1.98. The molecular formula is C6H11N3O3. The summed E-state index contributed by atoms with van der Waals surface area (Å²) >= 11 is 0. The molecule has 0 rings (SSSR count). The van der Waals surface area contributed by atoms with Crippen LogP contribution in [0.5, 0.6) is 0 Å². The number of nitrogens with zero attached hydrogens (tertiary/aromatic N) is 1. The van der Waals surface area contributed by atoms with Gasteiger partial charge in [0.2, 0.25) is 0 Å². The van der Waals surface area contributed by atoms with Gasteiger partial charge < -0.3 is 10.8 Å².